The Morgan fingerprint density at radius 2 is 1.14 bits per heavy atom. The summed E-state index contributed by atoms with van der Waals surface area (Å²) in [4.78, 5) is 4.80. The first-order valence-corrected chi connectivity index (χ1v) is 26.2. The Balaban J connectivity index is 1.03. The molecule has 1 aromatic heterocycles. The number of fused-ring (bicyclic) bond motifs is 12. The number of hydrogen-bond donors (Lipinski definition) is 1. The second kappa shape index (κ2) is 17.1. The van der Waals surface area contributed by atoms with E-state index in [-0.39, 0.29) is 5.75 Å². The van der Waals surface area contributed by atoms with Gasteiger partial charge in [-0.1, -0.05) is 172 Å². The molecule has 0 radical (unpaired) electrons. The van der Waals surface area contributed by atoms with Gasteiger partial charge in [0.2, 0.25) is 0 Å². The zero-order valence-electron chi connectivity index (χ0n) is 42.1. The van der Waals surface area contributed by atoms with Crippen molar-refractivity contribution in [2.45, 2.75) is 53.4 Å². The molecule has 0 atom stereocenters. The van der Waals surface area contributed by atoms with Crippen LogP contribution in [-0.4, -0.2) is 5.11 Å². The fourth-order valence-corrected chi connectivity index (χ4v) is 12.6. The van der Waals surface area contributed by atoms with E-state index in [1.165, 1.54) is 55.1 Å². The average Bonchev–Trinajstić information content (AvgIpc) is 3.84. The number of aromatic hydroxyl groups is 1. The molecule has 0 amide bonds. The SMILES string of the molecule is CCc1ccc2cc1-c1cccc(c1)-c1cccc(c1O)N(c1ccc3ccc4c(N(c5ccccc5C)c5cccc6c5oc5c(-c7ccccc7CC)cccc56)ccc5ccc1c3c54)C1=C2CCC=C1C. The Morgan fingerprint density at radius 1 is 0.486 bits per heavy atom. The lowest BCUT2D eigenvalue weighted by molar-refractivity contribution is 0.478. The third-order valence-corrected chi connectivity index (χ3v) is 16.2. The summed E-state index contributed by atoms with van der Waals surface area (Å²) in [7, 11) is 0. The molecule has 1 aliphatic heterocycles. The Kier molecular flexibility index (Phi) is 10.2. The minimum absolute atomic E-state index is 0.262. The van der Waals surface area contributed by atoms with Gasteiger partial charge in [0.15, 0.2) is 5.58 Å². The summed E-state index contributed by atoms with van der Waals surface area (Å²) in [6, 6.07) is 70.9. The Bertz CT molecular complexity index is 4340. The number of para-hydroxylation sites is 4. The molecule has 0 fully saturated rings. The van der Waals surface area contributed by atoms with Crippen molar-refractivity contribution in [1.82, 2.24) is 0 Å². The lowest BCUT2D eigenvalue weighted by Gasteiger charge is -2.35. The van der Waals surface area contributed by atoms with Crippen LogP contribution >= 0.6 is 0 Å². The molecular weight excluding hydrogens is 901 g/mol. The summed E-state index contributed by atoms with van der Waals surface area (Å²) in [6.07, 6.45) is 6.05. The topological polar surface area (TPSA) is 39.9 Å². The van der Waals surface area contributed by atoms with Gasteiger partial charge in [-0.15, -0.1) is 0 Å². The van der Waals surface area contributed by atoms with E-state index in [9.17, 15) is 5.11 Å². The summed E-state index contributed by atoms with van der Waals surface area (Å²) in [5.74, 6) is 0.262. The third-order valence-electron chi connectivity index (χ3n) is 16.2. The fraction of sp³-hybridized carbons (Fsp3) is 0.114. The van der Waals surface area contributed by atoms with E-state index < -0.39 is 0 Å². The molecule has 356 valence electrons. The molecule has 6 bridgehead atoms. The fourth-order valence-electron chi connectivity index (χ4n) is 12.6. The molecule has 4 heteroatoms. The highest BCUT2D eigenvalue weighted by Crippen LogP contribution is 2.53. The molecule has 1 N–H and O–H groups in total. The zero-order chi connectivity index (χ0) is 49.8. The zero-order valence-corrected chi connectivity index (χ0v) is 42.1. The molecule has 2 aliphatic rings. The van der Waals surface area contributed by atoms with Crippen molar-refractivity contribution in [3.8, 4) is 39.1 Å². The van der Waals surface area contributed by atoms with Gasteiger partial charge < -0.3 is 19.3 Å². The summed E-state index contributed by atoms with van der Waals surface area (Å²) in [5.41, 5.74) is 21.7. The molecule has 0 saturated carbocycles. The number of rotatable bonds is 7. The van der Waals surface area contributed by atoms with E-state index in [1.54, 1.807) is 0 Å². The van der Waals surface area contributed by atoms with Crippen LogP contribution in [0.15, 0.2) is 216 Å². The Labute approximate surface area is 431 Å². The molecule has 0 saturated heterocycles. The number of hydrogen-bond acceptors (Lipinski definition) is 4. The first-order chi connectivity index (χ1) is 36.4. The second-order valence-electron chi connectivity index (χ2n) is 20.2. The van der Waals surface area contributed by atoms with E-state index in [1.807, 2.05) is 0 Å². The van der Waals surface area contributed by atoms with Gasteiger partial charge in [-0.05, 0) is 159 Å². The predicted molar refractivity (Wildman–Crippen MR) is 312 cm³/mol. The van der Waals surface area contributed by atoms with Crippen molar-refractivity contribution in [2.24, 2.45) is 0 Å². The maximum absolute atomic E-state index is 12.8. The number of allylic oxidation sites excluding steroid dienone is 3. The van der Waals surface area contributed by atoms with Gasteiger partial charge in [-0.3, -0.25) is 0 Å². The van der Waals surface area contributed by atoms with Gasteiger partial charge in [-0.25, -0.2) is 0 Å². The third kappa shape index (κ3) is 6.60. The highest BCUT2D eigenvalue weighted by atomic mass is 16.3. The molecule has 2 heterocycles. The van der Waals surface area contributed by atoms with Gasteiger partial charge in [0, 0.05) is 38.4 Å². The molecule has 11 aromatic carbocycles. The van der Waals surface area contributed by atoms with Gasteiger partial charge >= 0.3 is 0 Å². The standard InChI is InChI=1S/C70H54N2O2/c1-5-44-18-8-9-21-51(44)54-24-13-25-55-56-26-15-29-64(70(56)74-69(54)55)71(60-27-10-7-16-42(60)3)61-38-34-46-33-37-58-62(39-35-47-32-36-57(61)65(46)66(47)58)72-63-28-14-23-53(68(63)73)48-19-12-20-49(40-48)59-41-50(31-30-45(59)6-2)52-22-11-17-43(4)67(52)72/h7-10,12-21,23-41,73H,5-6,11,22H2,1-4H3. The van der Waals surface area contributed by atoms with Crippen LogP contribution in [0.5, 0.6) is 5.75 Å². The highest BCUT2D eigenvalue weighted by molar-refractivity contribution is 6.28. The monoisotopic (exact) mass is 954 g/mol. The molecule has 14 rings (SSSR count). The first kappa shape index (κ1) is 43.9. The molecule has 4 nitrogen and oxygen atoms in total. The molecule has 12 aromatic rings. The van der Waals surface area contributed by atoms with Crippen LogP contribution in [0, 0.1) is 6.92 Å². The van der Waals surface area contributed by atoms with Gasteiger partial charge in [0.05, 0.1) is 28.4 Å². The lowest BCUT2D eigenvalue weighted by atomic mass is 9.85. The molecule has 0 spiro atoms. The van der Waals surface area contributed by atoms with Crippen molar-refractivity contribution >= 4 is 88.3 Å². The Hall–Kier alpha value is -8.86. The minimum atomic E-state index is 0.262. The van der Waals surface area contributed by atoms with Gasteiger partial charge in [0.1, 0.15) is 11.3 Å². The van der Waals surface area contributed by atoms with E-state index in [0.29, 0.717) is 0 Å². The van der Waals surface area contributed by atoms with Crippen molar-refractivity contribution < 1.29 is 9.52 Å². The van der Waals surface area contributed by atoms with Gasteiger partial charge in [-0.2, -0.15) is 0 Å². The average molecular weight is 955 g/mol. The summed E-state index contributed by atoms with van der Waals surface area (Å²) < 4.78 is 7.23. The molecule has 1 aliphatic carbocycles. The van der Waals surface area contributed by atoms with Crippen molar-refractivity contribution in [3.63, 3.8) is 0 Å². The van der Waals surface area contributed by atoms with Crippen LogP contribution in [0.4, 0.5) is 28.4 Å². The Morgan fingerprint density at radius 3 is 1.97 bits per heavy atom. The number of furan rings is 1. The number of phenols is 1. The van der Waals surface area contributed by atoms with Crippen LogP contribution in [0.2, 0.25) is 0 Å². The van der Waals surface area contributed by atoms with E-state index in [0.717, 1.165) is 126 Å². The van der Waals surface area contributed by atoms with E-state index in [4.69, 9.17) is 4.42 Å². The summed E-state index contributed by atoms with van der Waals surface area (Å²) in [6.45, 7) is 8.90. The number of anilines is 5. The van der Waals surface area contributed by atoms with Crippen molar-refractivity contribution in [2.75, 3.05) is 9.80 Å². The van der Waals surface area contributed by atoms with Crippen LogP contribution in [0.1, 0.15) is 55.9 Å². The summed E-state index contributed by atoms with van der Waals surface area (Å²) in [5, 5.41) is 22.0. The number of phenolic OH excluding ortho intramolecular Hbond substituents is 1. The normalized spacial score (nSPS) is 13.5. The minimum Gasteiger partial charge on any atom is -0.505 e. The van der Waals surface area contributed by atoms with Crippen molar-refractivity contribution in [3.05, 3.63) is 234 Å². The van der Waals surface area contributed by atoms with Crippen LogP contribution in [-0.2, 0) is 12.8 Å². The van der Waals surface area contributed by atoms with Crippen LogP contribution < -0.4 is 9.80 Å². The molecular formula is C70H54N2O2. The number of nitrogens with zero attached hydrogens (tertiary/aromatic N) is 2. The summed E-state index contributed by atoms with van der Waals surface area (Å²) >= 11 is 0. The smallest absolute Gasteiger partial charge is 0.159 e. The van der Waals surface area contributed by atoms with Gasteiger partial charge in [0.25, 0.3) is 0 Å². The van der Waals surface area contributed by atoms with Crippen LogP contribution in [0.3, 0.4) is 0 Å². The number of benzene rings is 11. The first-order valence-electron chi connectivity index (χ1n) is 26.2. The maximum Gasteiger partial charge on any atom is 0.159 e. The predicted octanol–water partition coefficient (Wildman–Crippen LogP) is 19.7. The number of aryl methyl sites for hydroxylation is 3. The largest absolute Gasteiger partial charge is 0.505 e. The molecule has 0 unspecified atom stereocenters. The van der Waals surface area contributed by atoms with Crippen LogP contribution in [0.25, 0.3) is 93.2 Å². The quantitative estimate of drug-likeness (QED) is 0.162. The second-order valence-corrected chi connectivity index (χ2v) is 20.2. The lowest BCUT2D eigenvalue weighted by Crippen LogP contribution is -2.21. The maximum atomic E-state index is 12.8. The van der Waals surface area contributed by atoms with E-state index >= 15 is 0 Å². The van der Waals surface area contributed by atoms with Crippen molar-refractivity contribution in [1.29, 1.82) is 0 Å². The van der Waals surface area contributed by atoms with E-state index in [2.05, 4.69) is 238 Å². The molecule has 74 heavy (non-hydrogen) atoms. The highest BCUT2D eigenvalue weighted by Gasteiger charge is 2.30.